The lowest BCUT2D eigenvalue weighted by Gasteiger charge is -2.19. The minimum absolute atomic E-state index is 0.122. The van der Waals surface area contributed by atoms with Gasteiger partial charge in [-0.25, -0.2) is 0 Å². The van der Waals surface area contributed by atoms with E-state index in [1.807, 2.05) is 57.2 Å². The molecule has 2 aromatic rings. The molecule has 0 N–H and O–H groups in total. The van der Waals surface area contributed by atoms with Crippen molar-refractivity contribution in [1.29, 1.82) is 0 Å². The lowest BCUT2D eigenvalue weighted by molar-refractivity contribution is -0.124. The third kappa shape index (κ3) is 4.99. The van der Waals surface area contributed by atoms with E-state index in [-0.39, 0.29) is 17.2 Å². The van der Waals surface area contributed by atoms with Crippen LogP contribution < -0.4 is 9.47 Å². The third-order valence-corrected chi connectivity index (χ3v) is 6.01. The summed E-state index contributed by atoms with van der Waals surface area (Å²) in [5, 5.41) is 0.412. The molecule has 5 nitrogen and oxygen atoms in total. The maximum absolute atomic E-state index is 12.6. The van der Waals surface area contributed by atoms with Crippen LogP contribution in [0.25, 0.3) is 6.08 Å². The third-order valence-electron chi connectivity index (χ3n) is 4.76. The van der Waals surface area contributed by atoms with Crippen LogP contribution in [0, 0.1) is 0 Å². The van der Waals surface area contributed by atoms with Gasteiger partial charge < -0.3 is 9.47 Å². The SMILES string of the molecule is CCOc1cc(/C=C2/SC(=O)N([C@H](C)CC)C2=O)ccc1OCc1ccccc1Cl. The molecule has 0 aromatic heterocycles. The Labute approximate surface area is 186 Å². The first-order valence-electron chi connectivity index (χ1n) is 9.84. The molecule has 0 saturated carbocycles. The smallest absolute Gasteiger partial charge is 0.293 e. The van der Waals surface area contributed by atoms with Crippen molar-refractivity contribution in [2.75, 3.05) is 6.61 Å². The van der Waals surface area contributed by atoms with E-state index in [9.17, 15) is 9.59 Å². The van der Waals surface area contributed by atoms with Crippen LogP contribution in [-0.2, 0) is 11.4 Å². The number of imide groups is 1. The van der Waals surface area contributed by atoms with E-state index in [1.54, 1.807) is 12.1 Å². The standard InChI is InChI=1S/C23H24ClNO4S/c1-4-15(3)25-22(26)21(30-23(25)27)13-16-10-11-19(20(12-16)28-5-2)29-14-17-8-6-7-9-18(17)24/h6-13,15H,4-5,14H2,1-3H3/b21-13+/t15-/m1/s1. The number of amides is 2. The average molecular weight is 446 g/mol. The summed E-state index contributed by atoms with van der Waals surface area (Å²) in [5.74, 6) is 0.900. The zero-order valence-corrected chi connectivity index (χ0v) is 18.8. The average Bonchev–Trinajstić information content (AvgIpc) is 3.01. The molecule has 2 amide bonds. The predicted octanol–water partition coefficient (Wildman–Crippen LogP) is 6.15. The molecular weight excluding hydrogens is 422 g/mol. The van der Waals surface area contributed by atoms with Crippen molar-refractivity contribution < 1.29 is 19.1 Å². The largest absolute Gasteiger partial charge is 0.490 e. The molecule has 1 atom stereocenters. The van der Waals surface area contributed by atoms with Crippen LogP contribution in [0.5, 0.6) is 11.5 Å². The van der Waals surface area contributed by atoms with Gasteiger partial charge in [-0.2, -0.15) is 0 Å². The number of halogens is 1. The van der Waals surface area contributed by atoms with Gasteiger partial charge in [0.2, 0.25) is 0 Å². The quantitative estimate of drug-likeness (QED) is 0.456. The second kappa shape index (κ2) is 10.0. The molecular formula is C23H24ClNO4S. The summed E-state index contributed by atoms with van der Waals surface area (Å²) in [7, 11) is 0. The number of ether oxygens (including phenoxy) is 2. The number of benzene rings is 2. The molecule has 30 heavy (non-hydrogen) atoms. The van der Waals surface area contributed by atoms with Crippen molar-refractivity contribution >= 4 is 40.6 Å². The van der Waals surface area contributed by atoms with E-state index in [0.717, 1.165) is 29.3 Å². The summed E-state index contributed by atoms with van der Waals surface area (Å²) in [5.41, 5.74) is 1.64. The van der Waals surface area contributed by atoms with Crippen molar-refractivity contribution in [3.05, 3.63) is 63.5 Å². The highest BCUT2D eigenvalue weighted by atomic mass is 35.5. The van der Waals surface area contributed by atoms with E-state index in [1.165, 1.54) is 4.90 Å². The first-order valence-corrected chi connectivity index (χ1v) is 11.0. The number of thioether (sulfide) groups is 1. The van der Waals surface area contributed by atoms with Crippen molar-refractivity contribution in [3.8, 4) is 11.5 Å². The van der Waals surface area contributed by atoms with E-state index < -0.39 is 0 Å². The Morgan fingerprint density at radius 1 is 1.10 bits per heavy atom. The molecule has 0 bridgehead atoms. The molecule has 7 heteroatoms. The van der Waals surface area contributed by atoms with Crippen LogP contribution in [0.3, 0.4) is 0 Å². The summed E-state index contributed by atoms with van der Waals surface area (Å²) in [6.07, 6.45) is 2.44. The summed E-state index contributed by atoms with van der Waals surface area (Å²) in [4.78, 5) is 26.6. The van der Waals surface area contributed by atoms with Gasteiger partial charge in [0.05, 0.1) is 11.5 Å². The second-order valence-corrected chi connectivity index (χ2v) is 8.23. The van der Waals surface area contributed by atoms with Crippen molar-refractivity contribution in [2.24, 2.45) is 0 Å². The number of hydrogen-bond donors (Lipinski definition) is 0. The maximum Gasteiger partial charge on any atom is 0.293 e. The van der Waals surface area contributed by atoms with E-state index in [2.05, 4.69) is 0 Å². The van der Waals surface area contributed by atoms with Crippen LogP contribution in [0.1, 0.15) is 38.3 Å². The molecule has 1 aliphatic rings. The lowest BCUT2D eigenvalue weighted by atomic mass is 10.1. The van der Waals surface area contributed by atoms with Crippen molar-refractivity contribution in [1.82, 2.24) is 4.90 Å². The number of carbonyl (C=O) groups is 2. The molecule has 1 aliphatic heterocycles. The van der Waals surface area contributed by atoms with Gasteiger partial charge in [0, 0.05) is 16.6 Å². The van der Waals surface area contributed by atoms with E-state index >= 15 is 0 Å². The molecule has 0 aliphatic carbocycles. The Hall–Kier alpha value is -2.44. The molecule has 158 valence electrons. The molecule has 3 rings (SSSR count). The van der Waals surface area contributed by atoms with Crippen LogP contribution in [-0.4, -0.2) is 28.7 Å². The predicted molar refractivity (Wildman–Crippen MR) is 121 cm³/mol. The Balaban J connectivity index is 1.81. The van der Waals surface area contributed by atoms with Gasteiger partial charge in [-0.05, 0) is 61.9 Å². The Morgan fingerprint density at radius 3 is 2.57 bits per heavy atom. The molecule has 0 spiro atoms. The van der Waals surface area contributed by atoms with Crippen LogP contribution in [0.4, 0.5) is 4.79 Å². The molecule has 1 heterocycles. The minimum Gasteiger partial charge on any atom is -0.490 e. The lowest BCUT2D eigenvalue weighted by Crippen LogP contribution is -2.36. The van der Waals surface area contributed by atoms with Gasteiger partial charge in [-0.3, -0.25) is 14.5 Å². The molecule has 1 fully saturated rings. The number of nitrogens with zero attached hydrogens (tertiary/aromatic N) is 1. The Kier molecular flexibility index (Phi) is 7.45. The van der Waals surface area contributed by atoms with Gasteiger partial charge in [0.25, 0.3) is 11.1 Å². The topological polar surface area (TPSA) is 55.8 Å². The fourth-order valence-corrected chi connectivity index (χ4v) is 4.09. The fraction of sp³-hybridized carbons (Fsp3) is 0.304. The molecule has 0 unspecified atom stereocenters. The number of carbonyl (C=O) groups excluding carboxylic acids is 2. The van der Waals surface area contributed by atoms with Gasteiger partial charge in [0.1, 0.15) is 6.61 Å². The van der Waals surface area contributed by atoms with Crippen molar-refractivity contribution in [3.63, 3.8) is 0 Å². The van der Waals surface area contributed by atoms with Gasteiger partial charge in [-0.15, -0.1) is 0 Å². The number of rotatable bonds is 8. The van der Waals surface area contributed by atoms with E-state index in [0.29, 0.717) is 34.6 Å². The molecule has 1 saturated heterocycles. The highest BCUT2D eigenvalue weighted by molar-refractivity contribution is 8.18. The summed E-state index contributed by atoms with van der Waals surface area (Å²) in [6, 6.07) is 12.8. The van der Waals surface area contributed by atoms with Gasteiger partial charge in [-0.1, -0.05) is 42.8 Å². The first-order chi connectivity index (χ1) is 14.4. The van der Waals surface area contributed by atoms with Gasteiger partial charge >= 0.3 is 0 Å². The first kappa shape index (κ1) is 22.2. The zero-order chi connectivity index (χ0) is 21.7. The van der Waals surface area contributed by atoms with E-state index in [4.69, 9.17) is 21.1 Å². The van der Waals surface area contributed by atoms with Crippen LogP contribution >= 0.6 is 23.4 Å². The Bertz CT molecular complexity index is 975. The highest BCUT2D eigenvalue weighted by Gasteiger charge is 2.37. The summed E-state index contributed by atoms with van der Waals surface area (Å²) >= 11 is 7.16. The highest BCUT2D eigenvalue weighted by Crippen LogP contribution is 2.36. The summed E-state index contributed by atoms with van der Waals surface area (Å²) in [6.45, 7) is 6.50. The number of hydrogen-bond acceptors (Lipinski definition) is 5. The van der Waals surface area contributed by atoms with Crippen molar-refractivity contribution in [2.45, 2.75) is 39.8 Å². The zero-order valence-electron chi connectivity index (χ0n) is 17.2. The van der Waals surface area contributed by atoms with Crippen LogP contribution in [0.2, 0.25) is 5.02 Å². The van der Waals surface area contributed by atoms with Crippen LogP contribution in [0.15, 0.2) is 47.4 Å². The minimum atomic E-state index is -0.253. The molecule has 0 radical (unpaired) electrons. The fourth-order valence-electron chi connectivity index (χ4n) is 2.97. The second-order valence-electron chi connectivity index (χ2n) is 6.83. The molecule has 2 aromatic carbocycles. The maximum atomic E-state index is 12.6. The monoisotopic (exact) mass is 445 g/mol. The normalized spacial score (nSPS) is 16.3. The Morgan fingerprint density at radius 2 is 1.87 bits per heavy atom. The van der Waals surface area contributed by atoms with Gasteiger partial charge in [0.15, 0.2) is 11.5 Å². The summed E-state index contributed by atoms with van der Waals surface area (Å²) < 4.78 is 11.6.